The van der Waals surface area contributed by atoms with Crippen molar-refractivity contribution in [2.24, 2.45) is 7.05 Å². The molecule has 0 unspecified atom stereocenters. The lowest BCUT2D eigenvalue weighted by Crippen LogP contribution is -2.23. The summed E-state index contributed by atoms with van der Waals surface area (Å²) in [4.78, 5) is 23.1. The number of nitrogens with zero attached hydrogens (tertiary/aromatic N) is 3. The molecule has 0 saturated carbocycles. The Balaban J connectivity index is 2.26. The molecule has 0 aliphatic rings. The van der Waals surface area contributed by atoms with Gasteiger partial charge >= 0.3 is 11.0 Å². The zero-order valence-corrected chi connectivity index (χ0v) is 14.2. The lowest BCUT2D eigenvalue weighted by molar-refractivity contribution is -0.144. The van der Waals surface area contributed by atoms with Crippen LogP contribution in [-0.4, -0.2) is 20.8 Å². The van der Waals surface area contributed by atoms with Crippen LogP contribution in [0.5, 0.6) is 0 Å². The maximum Gasteiger partial charge on any atom is 0.433 e. The maximum atomic E-state index is 14.4. The normalized spacial score (nSPS) is 12.3. The molecular weight excluding hydrogens is 400 g/mol. The van der Waals surface area contributed by atoms with Crippen LogP contribution in [0.25, 0.3) is 21.5 Å². The second-order valence-corrected chi connectivity index (χ2v) is 6.53. The molecule has 0 N–H and O–H groups in total. The van der Waals surface area contributed by atoms with Crippen molar-refractivity contribution in [1.29, 1.82) is 0 Å². The molecule has 0 fully saturated rings. The molecule has 0 radical (unpaired) electrons. The highest BCUT2D eigenvalue weighted by Crippen LogP contribution is 2.30. The molecule has 0 aliphatic carbocycles. The summed E-state index contributed by atoms with van der Waals surface area (Å²) in [5.41, 5.74) is -3.71. The molecule has 0 atom stereocenters. The van der Waals surface area contributed by atoms with Gasteiger partial charge in [-0.1, -0.05) is 11.3 Å². The Kier molecular flexibility index (Phi) is 4.62. The minimum Gasteiger partial charge on any atom is -0.293 e. The lowest BCUT2D eigenvalue weighted by atomic mass is 10.1. The number of alkyl halides is 5. The van der Waals surface area contributed by atoms with E-state index in [2.05, 4.69) is 5.10 Å². The third kappa shape index (κ3) is 3.48. The zero-order valence-electron chi connectivity index (χ0n) is 13.4. The van der Waals surface area contributed by atoms with E-state index < -0.39 is 52.2 Å². The standard InChI is InChI=1S/C15H9F6N3O2S/c1-23-11(15(19,20)21)4-9(25)13(22-23)6-2-8-10(3-7(6)16)27-14(26)24(8)5-12(17)18/h2-4,12H,5H2,1H3. The summed E-state index contributed by atoms with van der Waals surface area (Å²) in [5.74, 6) is -1.02. The average molecular weight is 409 g/mol. The predicted octanol–water partition coefficient (Wildman–Crippen LogP) is 3.25. The Labute approximate surface area is 150 Å². The fourth-order valence-electron chi connectivity index (χ4n) is 2.57. The van der Waals surface area contributed by atoms with Gasteiger partial charge in [0.05, 0.1) is 16.8 Å². The predicted molar refractivity (Wildman–Crippen MR) is 85.5 cm³/mol. The van der Waals surface area contributed by atoms with E-state index in [9.17, 15) is 35.9 Å². The molecular formula is C15H9F6N3O2S. The van der Waals surface area contributed by atoms with Gasteiger partial charge in [-0.3, -0.25) is 18.8 Å². The van der Waals surface area contributed by atoms with Gasteiger partial charge in [0.15, 0.2) is 0 Å². The van der Waals surface area contributed by atoms with Crippen molar-refractivity contribution in [3.63, 3.8) is 0 Å². The van der Waals surface area contributed by atoms with Crippen LogP contribution in [0.2, 0.25) is 0 Å². The van der Waals surface area contributed by atoms with Gasteiger partial charge in [-0.25, -0.2) is 13.2 Å². The van der Waals surface area contributed by atoms with E-state index in [4.69, 9.17) is 0 Å². The van der Waals surface area contributed by atoms with Gasteiger partial charge in [0, 0.05) is 18.7 Å². The molecule has 0 saturated heterocycles. The Morgan fingerprint density at radius 2 is 1.85 bits per heavy atom. The molecule has 0 amide bonds. The Morgan fingerprint density at radius 1 is 1.19 bits per heavy atom. The van der Waals surface area contributed by atoms with Crippen molar-refractivity contribution in [2.75, 3.05) is 0 Å². The molecule has 27 heavy (non-hydrogen) atoms. The quantitative estimate of drug-likeness (QED) is 0.624. The van der Waals surface area contributed by atoms with E-state index >= 15 is 0 Å². The van der Waals surface area contributed by atoms with Crippen molar-refractivity contribution < 1.29 is 26.3 Å². The van der Waals surface area contributed by atoms with Crippen LogP contribution >= 0.6 is 11.3 Å². The first-order valence-electron chi connectivity index (χ1n) is 7.26. The zero-order chi connectivity index (χ0) is 20.1. The van der Waals surface area contributed by atoms with Crippen LogP contribution in [0.3, 0.4) is 0 Å². The van der Waals surface area contributed by atoms with Gasteiger partial charge in [-0.15, -0.1) is 0 Å². The molecule has 5 nitrogen and oxygen atoms in total. The van der Waals surface area contributed by atoms with Crippen LogP contribution in [0.4, 0.5) is 26.3 Å². The number of aromatic nitrogens is 3. The van der Waals surface area contributed by atoms with Crippen LogP contribution in [0.1, 0.15) is 5.69 Å². The number of thiazole rings is 1. The smallest absolute Gasteiger partial charge is 0.293 e. The topological polar surface area (TPSA) is 56.9 Å². The fourth-order valence-corrected chi connectivity index (χ4v) is 3.47. The number of hydrogen-bond acceptors (Lipinski definition) is 4. The number of benzene rings is 1. The SMILES string of the molecule is Cn1nc(-c2cc3c(cc2F)sc(=O)n3CC(F)F)c(=O)cc1C(F)(F)F. The van der Waals surface area contributed by atoms with Crippen LogP contribution in [0, 0.1) is 5.82 Å². The third-order valence-corrected chi connectivity index (χ3v) is 4.66. The highest BCUT2D eigenvalue weighted by molar-refractivity contribution is 7.16. The number of hydrogen-bond donors (Lipinski definition) is 0. The molecule has 144 valence electrons. The third-order valence-electron chi connectivity index (χ3n) is 3.72. The second kappa shape index (κ2) is 6.51. The highest BCUT2D eigenvalue weighted by atomic mass is 32.1. The van der Waals surface area contributed by atoms with Crippen molar-refractivity contribution in [1.82, 2.24) is 14.3 Å². The van der Waals surface area contributed by atoms with Gasteiger partial charge in [0.25, 0.3) is 6.43 Å². The van der Waals surface area contributed by atoms with E-state index in [1.165, 1.54) is 0 Å². The van der Waals surface area contributed by atoms with Crippen molar-refractivity contribution >= 4 is 21.6 Å². The molecule has 2 aromatic heterocycles. The van der Waals surface area contributed by atoms with Gasteiger partial charge in [-0.2, -0.15) is 18.3 Å². The minimum absolute atomic E-state index is 0.0608. The van der Waals surface area contributed by atoms with E-state index in [0.717, 1.165) is 19.2 Å². The molecule has 1 aromatic carbocycles. The fraction of sp³-hybridized carbons (Fsp3) is 0.267. The number of aryl methyl sites for hydroxylation is 1. The van der Waals surface area contributed by atoms with Gasteiger partial charge in [-0.05, 0) is 12.1 Å². The van der Waals surface area contributed by atoms with Gasteiger partial charge < -0.3 is 0 Å². The van der Waals surface area contributed by atoms with E-state index in [1.54, 1.807) is 0 Å². The van der Waals surface area contributed by atoms with Crippen LogP contribution in [-0.2, 0) is 19.8 Å². The van der Waals surface area contributed by atoms with Crippen LogP contribution < -0.4 is 10.3 Å². The van der Waals surface area contributed by atoms with Crippen LogP contribution in [0.15, 0.2) is 27.8 Å². The van der Waals surface area contributed by atoms with Crippen molar-refractivity contribution in [3.05, 3.63) is 49.6 Å². The maximum absolute atomic E-state index is 14.4. The molecule has 12 heteroatoms. The van der Waals surface area contributed by atoms with E-state index in [1.807, 2.05) is 0 Å². The van der Waals surface area contributed by atoms with Crippen molar-refractivity contribution in [3.8, 4) is 11.3 Å². The highest BCUT2D eigenvalue weighted by Gasteiger charge is 2.34. The Morgan fingerprint density at radius 3 is 2.44 bits per heavy atom. The number of halogens is 6. The average Bonchev–Trinajstić information content (AvgIpc) is 2.82. The van der Waals surface area contributed by atoms with E-state index in [-0.39, 0.29) is 16.3 Å². The summed E-state index contributed by atoms with van der Waals surface area (Å²) in [5, 5.41) is 3.49. The number of rotatable bonds is 3. The summed E-state index contributed by atoms with van der Waals surface area (Å²) in [6.45, 7) is -0.942. The molecule has 2 heterocycles. The Bertz CT molecular complexity index is 1150. The summed E-state index contributed by atoms with van der Waals surface area (Å²) in [7, 11) is 0.930. The van der Waals surface area contributed by atoms with Crippen molar-refractivity contribution in [2.45, 2.75) is 19.1 Å². The first kappa shape index (κ1) is 19.1. The largest absolute Gasteiger partial charge is 0.433 e. The van der Waals surface area contributed by atoms with E-state index in [0.29, 0.717) is 20.6 Å². The monoisotopic (exact) mass is 409 g/mol. The summed E-state index contributed by atoms with van der Waals surface area (Å²) in [6, 6.07) is 2.09. The molecule has 0 spiro atoms. The number of fused-ring (bicyclic) bond motifs is 1. The first-order valence-corrected chi connectivity index (χ1v) is 8.07. The summed E-state index contributed by atoms with van der Waals surface area (Å²) < 4.78 is 79.4. The Hall–Kier alpha value is -2.63. The summed E-state index contributed by atoms with van der Waals surface area (Å²) in [6.07, 6.45) is -7.70. The molecule has 0 aliphatic heterocycles. The molecule has 3 rings (SSSR count). The first-order chi connectivity index (χ1) is 12.5. The molecule has 3 aromatic rings. The van der Waals surface area contributed by atoms with Gasteiger partial charge in [0.2, 0.25) is 5.43 Å². The molecule has 0 bridgehead atoms. The lowest BCUT2D eigenvalue weighted by Gasteiger charge is -2.12. The summed E-state index contributed by atoms with van der Waals surface area (Å²) >= 11 is 0.534. The minimum atomic E-state index is -4.84. The van der Waals surface area contributed by atoms with Gasteiger partial charge in [0.1, 0.15) is 17.2 Å². The second-order valence-electron chi connectivity index (χ2n) is 5.53.